The van der Waals surface area contributed by atoms with Gasteiger partial charge >= 0.3 is 0 Å². The molecule has 2 rings (SSSR count). The van der Waals surface area contributed by atoms with Crippen molar-refractivity contribution in [1.82, 2.24) is 5.32 Å². The molecule has 0 bridgehead atoms. The summed E-state index contributed by atoms with van der Waals surface area (Å²) < 4.78 is 0. The molecule has 1 saturated heterocycles. The Morgan fingerprint density at radius 3 is 2.62 bits per heavy atom. The van der Waals surface area contributed by atoms with Gasteiger partial charge in [-0.2, -0.15) is 0 Å². The van der Waals surface area contributed by atoms with Crippen molar-refractivity contribution in [2.24, 2.45) is 5.41 Å². The van der Waals surface area contributed by atoms with E-state index < -0.39 is 0 Å². The topological polar surface area (TPSA) is 12.0 Å². The average Bonchev–Trinajstić information content (AvgIpc) is 2.18. The van der Waals surface area contributed by atoms with Gasteiger partial charge in [0.15, 0.2) is 0 Å². The van der Waals surface area contributed by atoms with Crippen LogP contribution in [0.2, 0.25) is 5.02 Å². The third-order valence-corrected chi connectivity index (χ3v) is 3.91. The van der Waals surface area contributed by atoms with E-state index >= 15 is 0 Å². The fourth-order valence-electron chi connectivity index (χ4n) is 2.60. The molecule has 0 spiro atoms. The van der Waals surface area contributed by atoms with Crippen LogP contribution in [0.5, 0.6) is 0 Å². The second-order valence-electron chi connectivity index (χ2n) is 5.13. The molecule has 1 aliphatic heterocycles. The summed E-state index contributed by atoms with van der Waals surface area (Å²) >= 11 is 6.30. The summed E-state index contributed by atoms with van der Waals surface area (Å²) in [5.41, 5.74) is 3.01. The first kappa shape index (κ1) is 11.9. The zero-order valence-electron chi connectivity index (χ0n) is 10.1. The Morgan fingerprint density at radius 2 is 2.12 bits per heavy atom. The first-order valence-corrected chi connectivity index (χ1v) is 6.49. The number of nitrogens with one attached hydrogen (secondary N) is 1. The Hall–Kier alpha value is -0.530. The van der Waals surface area contributed by atoms with Gasteiger partial charge in [-0.3, -0.25) is 0 Å². The molecule has 2 heteroatoms. The van der Waals surface area contributed by atoms with Crippen molar-refractivity contribution in [3.05, 3.63) is 34.3 Å². The predicted molar refractivity (Wildman–Crippen MR) is 70.1 cm³/mol. The van der Waals surface area contributed by atoms with Gasteiger partial charge in [-0.05, 0) is 42.4 Å². The molecule has 1 nitrogen and oxygen atoms in total. The second-order valence-corrected chi connectivity index (χ2v) is 5.53. The van der Waals surface area contributed by atoms with Crippen molar-refractivity contribution in [3.8, 4) is 0 Å². The van der Waals surface area contributed by atoms with Crippen LogP contribution in [-0.4, -0.2) is 13.1 Å². The molecule has 1 fully saturated rings. The quantitative estimate of drug-likeness (QED) is 0.844. The van der Waals surface area contributed by atoms with E-state index in [0.717, 1.165) is 24.5 Å². The van der Waals surface area contributed by atoms with Gasteiger partial charge in [0.05, 0.1) is 0 Å². The number of aryl methyl sites for hydroxylation is 1. The smallest absolute Gasteiger partial charge is 0.0440 e. The van der Waals surface area contributed by atoms with Crippen LogP contribution in [0.15, 0.2) is 18.2 Å². The lowest BCUT2D eigenvalue weighted by Crippen LogP contribution is -2.54. The molecule has 1 aromatic rings. The summed E-state index contributed by atoms with van der Waals surface area (Å²) in [4.78, 5) is 0. The lowest BCUT2D eigenvalue weighted by atomic mass is 9.73. The average molecular weight is 238 g/mol. The molecule has 0 aromatic heterocycles. The molecule has 1 aliphatic rings. The van der Waals surface area contributed by atoms with Crippen LogP contribution < -0.4 is 5.32 Å². The van der Waals surface area contributed by atoms with Gasteiger partial charge in [0.25, 0.3) is 0 Å². The van der Waals surface area contributed by atoms with Gasteiger partial charge in [-0.1, -0.05) is 37.1 Å². The molecule has 0 saturated carbocycles. The highest BCUT2D eigenvalue weighted by atomic mass is 35.5. The molecule has 88 valence electrons. The third kappa shape index (κ3) is 2.41. The van der Waals surface area contributed by atoms with Gasteiger partial charge in [0.2, 0.25) is 0 Å². The van der Waals surface area contributed by atoms with Gasteiger partial charge in [0, 0.05) is 18.1 Å². The van der Waals surface area contributed by atoms with Crippen LogP contribution in [0.4, 0.5) is 0 Å². The van der Waals surface area contributed by atoms with Crippen molar-refractivity contribution in [3.63, 3.8) is 0 Å². The normalized spacial score (nSPS) is 18.2. The minimum atomic E-state index is 0.466. The van der Waals surface area contributed by atoms with E-state index in [1.165, 1.54) is 24.0 Å². The summed E-state index contributed by atoms with van der Waals surface area (Å²) in [6.45, 7) is 6.63. The maximum atomic E-state index is 6.30. The molecule has 1 aromatic carbocycles. The first-order chi connectivity index (χ1) is 7.65. The number of benzene rings is 1. The number of halogens is 1. The van der Waals surface area contributed by atoms with Crippen LogP contribution in [0, 0.1) is 12.3 Å². The maximum Gasteiger partial charge on any atom is 0.0440 e. The van der Waals surface area contributed by atoms with E-state index in [9.17, 15) is 0 Å². The molecule has 0 unspecified atom stereocenters. The van der Waals surface area contributed by atoms with Gasteiger partial charge in [-0.15, -0.1) is 0 Å². The lowest BCUT2D eigenvalue weighted by molar-refractivity contribution is 0.151. The Bertz CT molecular complexity index is 369. The monoisotopic (exact) mass is 237 g/mol. The predicted octanol–water partition coefficient (Wildman–Crippen LogP) is 3.58. The SMILES string of the molecule is CCCC1(Cc2ccc(C)cc2Cl)CNC1. The zero-order valence-corrected chi connectivity index (χ0v) is 10.9. The Balaban J connectivity index is 2.13. The van der Waals surface area contributed by atoms with Crippen molar-refractivity contribution < 1.29 is 0 Å². The summed E-state index contributed by atoms with van der Waals surface area (Å²) in [6, 6.07) is 6.42. The van der Waals surface area contributed by atoms with Gasteiger partial charge in [-0.25, -0.2) is 0 Å². The largest absolute Gasteiger partial charge is 0.316 e. The van der Waals surface area contributed by atoms with Crippen LogP contribution in [0.25, 0.3) is 0 Å². The molecule has 16 heavy (non-hydrogen) atoms. The Morgan fingerprint density at radius 1 is 1.38 bits per heavy atom. The van der Waals surface area contributed by atoms with Crippen LogP contribution >= 0.6 is 11.6 Å². The zero-order chi connectivity index (χ0) is 11.6. The third-order valence-electron chi connectivity index (χ3n) is 3.55. The summed E-state index contributed by atoms with van der Waals surface area (Å²) in [5.74, 6) is 0. The standard InChI is InChI=1S/C14H20ClN/c1-3-6-14(9-16-10-14)8-12-5-4-11(2)7-13(12)15/h4-5,7,16H,3,6,8-10H2,1-2H3. The van der Waals surface area contributed by atoms with Crippen molar-refractivity contribution in [2.75, 3.05) is 13.1 Å². The van der Waals surface area contributed by atoms with E-state index in [1.54, 1.807) is 0 Å². The molecule has 0 atom stereocenters. The molecular formula is C14H20ClN. The van der Waals surface area contributed by atoms with E-state index in [2.05, 4.69) is 37.4 Å². The van der Waals surface area contributed by atoms with Crippen LogP contribution in [0.3, 0.4) is 0 Å². The highest BCUT2D eigenvalue weighted by molar-refractivity contribution is 6.31. The van der Waals surface area contributed by atoms with E-state index in [-0.39, 0.29) is 0 Å². The van der Waals surface area contributed by atoms with Gasteiger partial charge < -0.3 is 5.32 Å². The molecule has 0 amide bonds. The van der Waals surface area contributed by atoms with E-state index in [4.69, 9.17) is 11.6 Å². The Kier molecular flexibility index (Phi) is 3.56. The lowest BCUT2D eigenvalue weighted by Gasteiger charge is -2.43. The molecular weight excluding hydrogens is 218 g/mol. The highest BCUT2D eigenvalue weighted by Crippen LogP contribution is 2.34. The van der Waals surface area contributed by atoms with Crippen molar-refractivity contribution in [1.29, 1.82) is 0 Å². The minimum Gasteiger partial charge on any atom is -0.316 e. The number of hydrogen-bond acceptors (Lipinski definition) is 1. The molecule has 1 N–H and O–H groups in total. The fourth-order valence-corrected chi connectivity index (χ4v) is 2.90. The maximum absolute atomic E-state index is 6.30. The van der Waals surface area contributed by atoms with E-state index in [0.29, 0.717) is 5.41 Å². The fraction of sp³-hybridized carbons (Fsp3) is 0.571. The van der Waals surface area contributed by atoms with Crippen LogP contribution in [0.1, 0.15) is 30.9 Å². The molecule has 0 aliphatic carbocycles. The number of hydrogen-bond donors (Lipinski definition) is 1. The van der Waals surface area contributed by atoms with Crippen LogP contribution in [-0.2, 0) is 6.42 Å². The second kappa shape index (κ2) is 4.77. The van der Waals surface area contributed by atoms with Crippen molar-refractivity contribution in [2.45, 2.75) is 33.1 Å². The van der Waals surface area contributed by atoms with E-state index in [1.807, 2.05) is 0 Å². The molecule has 0 radical (unpaired) electrons. The summed E-state index contributed by atoms with van der Waals surface area (Å²) in [7, 11) is 0. The van der Waals surface area contributed by atoms with Crippen molar-refractivity contribution >= 4 is 11.6 Å². The molecule has 1 heterocycles. The first-order valence-electron chi connectivity index (χ1n) is 6.11. The highest BCUT2D eigenvalue weighted by Gasteiger charge is 2.36. The Labute approximate surface area is 103 Å². The summed E-state index contributed by atoms with van der Waals surface area (Å²) in [6.07, 6.45) is 3.67. The minimum absolute atomic E-state index is 0.466. The van der Waals surface area contributed by atoms with Gasteiger partial charge in [0.1, 0.15) is 0 Å². The summed E-state index contributed by atoms with van der Waals surface area (Å²) in [5, 5.41) is 4.33. The number of rotatable bonds is 4.